The summed E-state index contributed by atoms with van der Waals surface area (Å²) in [6.07, 6.45) is 1.42. The van der Waals surface area contributed by atoms with Crippen molar-refractivity contribution in [3.05, 3.63) is 67.7 Å². The van der Waals surface area contributed by atoms with Crippen LogP contribution < -0.4 is 14.8 Å². The van der Waals surface area contributed by atoms with E-state index in [-0.39, 0.29) is 23.0 Å². The summed E-state index contributed by atoms with van der Waals surface area (Å²) in [5.41, 5.74) is 1.02. The quantitative estimate of drug-likeness (QED) is 0.211. The number of carbonyl (C=O) groups is 2. The third kappa shape index (κ3) is 4.89. The number of ether oxygens (including phenoxy) is 2. The SMILES string of the molecule is COc1cc(/C=C2\C(=O)NC(=S)N(C)C2=O)c(Br)cc1OCc1cccc([N+](=O)[O-])c1. The summed E-state index contributed by atoms with van der Waals surface area (Å²) in [4.78, 5) is 36.2. The number of nitro benzene ring substituents is 1. The molecule has 0 aliphatic carbocycles. The van der Waals surface area contributed by atoms with Crippen molar-refractivity contribution in [2.45, 2.75) is 6.61 Å². The number of likely N-dealkylation sites (N-methyl/N-ethyl adjacent to an activating group) is 1. The summed E-state index contributed by atoms with van der Waals surface area (Å²) in [6, 6.07) is 9.34. The molecule has 3 rings (SSSR count). The number of carbonyl (C=O) groups excluding carboxylic acids is 2. The second-order valence-corrected chi connectivity index (χ2v) is 7.66. The average molecular weight is 506 g/mol. The van der Waals surface area contributed by atoms with Crippen LogP contribution in [0.3, 0.4) is 0 Å². The number of nitrogens with one attached hydrogen (secondary N) is 1. The number of non-ortho nitro benzene ring substituents is 1. The van der Waals surface area contributed by atoms with Crippen LogP contribution in [0.4, 0.5) is 5.69 Å². The van der Waals surface area contributed by atoms with Crippen molar-refractivity contribution in [2.75, 3.05) is 14.2 Å². The Balaban J connectivity index is 1.87. The molecule has 31 heavy (non-hydrogen) atoms. The van der Waals surface area contributed by atoms with Gasteiger partial charge in [-0.25, -0.2) is 0 Å². The topological polar surface area (TPSA) is 111 Å². The lowest BCUT2D eigenvalue weighted by Gasteiger charge is -2.25. The minimum atomic E-state index is -0.593. The Kier molecular flexibility index (Phi) is 6.66. The first kappa shape index (κ1) is 22.4. The maximum absolute atomic E-state index is 12.4. The lowest BCUT2D eigenvalue weighted by atomic mass is 10.1. The molecule has 1 fully saturated rings. The number of benzene rings is 2. The van der Waals surface area contributed by atoms with Crippen LogP contribution in [0.1, 0.15) is 11.1 Å². The highest BCUT2D eigenvalue weighted by molar-refractivity contribution is 9.10. The van der Waals surface area contributed by atoms with E-state index in [1.807, 2.05) is 0 Å². The van der Waals surface area contributed by atoms with Gasteiger partial charge in [0, 0.05) is 23.7 Å². The molecule has 11 heteroatoms. The summed E-state index contributed by atoms with van der Waals surface area (Å²) in [5, 5.41) is 13.4. The molecule has 1 heterocycles. The average Bonchev–Trinajstić information content (AvgIpc) is 2.74. The van der Waals surface area contributed by atoms with Gasteiger partial charge >= 0.3 is 0 Å². The third-order valence-electron chi connectivity index (χ3n) is 4.40. The van der Waals surface area contributed by atoms with E-state index in [0.29, 0.717) is 27.1 Å². The first-order chi connectivity index (χ1) is 14.7. The second-order valence-electron chi connectivity index (χ2n) is 6.42. The van der Waals surface area contributed by atoms with Gasteiger partial charge in [-0.3, -0.25) is 29.9 Å². The minimum absolute atomic E-state index is 0.0314. The number of rotatable bonds is 6. The van der Waals surface area contributed by atoms with E-state index in [9.17, 15) is 19.7 Å². The standard InChI is InChI=1S/C20H16BrN3O6S/c1-23-19(26)14(18(25)22-20(23)31)7-12-8-16(29-2)17(9-15(12)21)30-10-11-4-3-5-13(6-11)24(27)28/h3-9H,10H2,1-2H3,(H,22,25,31)/b14-7+. The Morgan fingerprint density at radius 1 is 1.26 bits per heavy atom. The zero-order valence-corrected chi connectivity index (χ0v) is 18.8. The zero-order chi connectivity index (χ0) is 22.7. The highest BCUT2D eigenvalue weighted by Crippen LogP contribution is 2.35. The van der Waals surface area contributed by atoms with Crippen molar-refractivity contribution in [3.63, 3.8) is 0 Å². The number of amides is 2. The van der Waals surface area contributed by atoms with Gasteiger partial charge in [-0.1, -0.05) is 28.1 Å². The molecule has 0 atom stereocenters. The number of methoxy groups -OCH3 is 1. The molecule has 1 aliphatic heterocycles. The number of thiocarbonyl (C=S) groups is 1. The summed E-state index contributed by atoms with van der Waals surface area (Å²) in [6.45, 7) is 0.0774. The van der Waals surface area contributed by atoms with Crippen LogP contribution in [0.5, 0.6) is 11.5 Å². The molecule has 160 valence electrons. The van der Waals surface area contributed by atoms with Gasteiger partial charge < -0.3 is 9.47 Å². The maximum Gasteiger partial charge on any atom is 0.269 e. The van der Waals surface area contributed by atoms with Gasteiger partial charge in [0.1, 0.15) is 12.2 Å². The van der Waals surface area contributed by atoms with Crippen LogP contribution in [-0.2, 0) is 16.2 Å². The Morgan fingerprint density at radius 3 is 2.68 bits per heavy atom. The van der Waals surface area contributed by atoms with Crippen LogP contribution in [0.2, 0.25) is 0 Å². The first-order valence-electron chi connectivity index (χ1n) is 8.80. The molecule has 0 saturated carbocycles. The third-order valence-corrected chi connectivity index (χ3v) is 5.47. The molecular weight excluding hydrogens is 490 g/mol. The van der Waals surface area contributed by atoms with Crippen molar-refractivity contribution in [3.8, 4) is 11.5 Å². The molecule has 0 radical (unpaired) electrons. The van der Waals surface area contributed by atoms with Crippen molar-refractivity contribution in [2.24, 2.45) is 0 Å². The lowest BCUT2D eigenvalue weighted by Crippen LogP contribution is -2.52. The fourth-order valence-corrected chi connectivity index (χ4v) is 3.37. The summed E-state index contributed by atoms with van der Waals surface area (Å²) >= 11 is 8.35. The molecular formula is C20H16BrN3O6S. The molecule has 2 amide bonds. The van der Waals surface area contributed by atoms with E-state index in [4.69, 9.17) is 21.7 Å². The van der Waals surface area contributed by atoms with Gasteiger partial charge in [0.2, 0.25) is 0 Å². The van der Waals surface area contributed by atoms with Gasteiger partial charge in [-0.2, -0.15) is 0 Å². The molecule has 2 aromatic carbocycles. The molecule has 0 bridgehead atoms. The smallest absolute Gasteiger partial charge is 0.269 e. The number of hydrogen-bond acceptors (Lipinski definition) is 7. The minimum Gasteiger partial charge on any atom is -0.493 e. The molecule has 0 spiro atoms. The van der Waals surface area contributed by atoms with E-state index in [1.165, 1.54) is 37.3 Å². The van der Waals surface area contributed by atoms with Crippen molar-refractivity contribution in [1.29, 1.82) is 0 Å². The summed E-state index contributed by atoms with van der Waals surface area (Å²) in [7, 11) is 2.92. The number of halogens is 1. The fraction of sp³-hybridized carbons (Fsp3) is 0.150. The Hall–Kier alpha value is -3.31. The largest absolute Gasteiger partial charge is 0.493 e. The number of nitrogens with zero attached hydrogens (tertiary/aromatic N) is 2. The number of hydrogen-bond donors (Lipinski definition) is 1. The molecule has 9 nitrogen and oxygen atoms in total. The van der Waals surface area contributed by atoms with Gasteiger partial charge in [-0.05, 0) is 41.6 Å². The van der Waals surface area contributed by atoms with E-state index in [1.54, 1.807) is 24.3 Å². The highest BCUT2D eigenvalue weighted by atomic mass is 79.9. The maximum atomic E-state index is 12.4. The van der Waals surface area contributed by atoms with Gasteiger partial charge in [0.25, 0.3) is 17.5 Å². The normalized spacial score (nSPS) is 15.1. The Labute approximate surface area is 190 Å². The molecule has 0 aromatic heterocycles. The van der Waals surface area contributed by atoms with Crippen LogP contribution >= 0.6 is 28.1 Å². The van der Waals surface area contributed by atoms with Crippen LogP contribution in [-0.4, -0.2) is 40.9 Å². The van der Waals surface area contributed by atoms with Gasteiger partial charge in [-0.15, -0.1) is 0 Å². The van der Waals surface area contributed by atoms with E-state index >= 15 is 0 Å². The van der Waals surface area contributed by atoms with Crippen molar-refractivity contribution < 1.29 is 24.0 Å². The lowest BCUT2D eigenvalue weighted by molar-refractivity contribution is -0.384. The Morgan fingerprint density at radius 2 is 2.00 bits per heavy atom. The molecule has 0 unspecified atom stereocenters. The van der Waals surface area contributed by atoms with Gasteiger partial charge in [0.05, 0.1) is 12.0 Å². The molecule has 2 aromatic rings. The monoisotopic (exact) mass is 505 g/mol. The van der Waals surface area contributed by atoms with Gasteiger partial charge in [0.15, 0.2) is 16.6 Å². The van der Waals surface area contributed by atoms with Crippen molar-refractivity contribution >= 4 is 56.8 Å². The molecule has 1 aliphatic rings. The Bertz CT molecular complexity index is 1130. The zero-order valence-electron chi connectivity index (χ0n) is 16.4. The predicted molar refractivity (Wildman–Crippen MR) is 120 cm³/mol. The van der Waals surface area contributed by atoms with E-state index in [2.05, 4.69) is 21.2 Å². The highest BCUT2D eigenvalue weighted by Gasteiger charge is 2.31. The van der Waals surface area contributed by atoms with Crippen molar-refractivity contribution in [1.82, 2.24) is 10.2 Å². The first-order valence-corrected chi connectivity index (χ1v) is 10.00. The summed E-state index contributed by atoms with van der Waals surface area (Å²) < 4.78 is 11.7. The molecule has 1 saturated heterocycles. The van der Waals surface area contributed by atoms with E-state index < -0.39 is 16.7 Å². The second kappa shape index (κ2) is 9.23. The summed E-state index contributed by atoms with van der Waals surface area (Å²) in [5.74, 6) is -0.385. The number of nitro groups is 1. The fourth-order valence-electron chi connectivity index (χ4n) is 2.76. The molecule has 1 N–H and O–H groups in total. The van der Waals surface area contributed by atoms with Crippen LogP contribution in [0, 0.1) is 10.1 Å². The predicted octanol–water partition coefficient (Wildman–Crippen LogP) is 3.20. The van der Waals surface area contributed by atoms with Crippen LogP contribution in [0.25, 0.3) is 6.08 Å². The van der Waals surface area contributed by atoms with E-state index in [0.717, 1.165) is 0 Å². The van der Waals surface area contributed by atoms with Crippen LogP contribution in [0.15, 0.2) is 46.4 Å².